The van der Waals surface area contributed by atoms with Crippen molar-refractivity contribution >= 4 is 11.9 Å². The predicted molar refractivity (Wildman–Crippen MR) is 112 cm³/mol. The summed E-state index contributed by atoms with van der Waals surface area (Å²) in [5.74, 6) is 0.722. The summed E-state index contributed by atoms with van der Waals surface area (Å²) in [6.07, 6.45) is 3.92. The number of carbonyl (C=O) groups excluding carboxylic acids is 1. The molecule has 1 aliphatic heterocycles. The van der Waals surface area contributed by atoms with Crippen LogP contribution in [0.3, 0.4) is 0 Å². The lowest BCUT2D eigenvalue weighted by molar-refractivity contribution is 0.0954. The molecule has 0 aliphatic carbocycles. The maximum absolute atomic E-state index is 12.2. The number of hydrogen-bond acceptors (Lipinski definition) is 3. The van der Waals surface area contributed by atoms with Crippen molar-refractivity contribution in [2.45, 2.75) is 45.6 Å². The van der Waals surface area contributed by atoms with Gasteiger partial charge in [0.05, 0.1) is 0 Å². The Hall–Kier alpha value is -2.08. The number of guanidine groups is 1. The zero-order chi connectivity index (χ0) is 19.7. The molecule has 0 unspecified atom stereocenters. The molecular formula is C21H35N5O. The number of rotatable bonds is 7. The minimum absolute atomic E-state index is 0.0466. The number of aliphatic imine (C=N–C) groups is 1. The Kier molecular flexibility index (Phi) is 8.10. The number of benzene rings is 1. The lowest BCUT2D eigenvalue weighted by atomic mass is 9.98. The molecule has 1 saturated heterocycles. The molecule has 150 valence electrons. The Morgan fingerprint density at radius 1 is 1.11 bits per heavy atom. The van der Waals surface area contributed by atoms with Crippen LogP contribution in [-0.4, -0.2) is 62.1 Å². The van der Waals surface area contributed by atoms with Crippen LogP contribution in [-0.2, 0) is 0 Å². The average molecular weight is 374 g/mol. The number of nitrogens with zero attached hydrogens (tertiary/aromatic N) is 2. The molecule has 3 N–H and O–H groups in total. The third-order valence-corrected chi connectivity index (χ3v) is 5.11. The first kappa shape index (κ1) is 21.2. The molecule has 1 fully saturated rings. The maximum Gasteiger partial charge on any atom is 0.251 e. The van der Waals surface area contributed by atoms with Gasteiger partial charge in [0.2, 0.25) is 0 Å². The highest BCUT2D eigenvalue weighted by Gasteiger charge is 2.27. The standard InChI is InChI=1S/C21H35N5O/c1-17-9-8-10-18(15-17)19(27)23-11-12-24-20(22-4)25-16-21(2,3)26-13-6-5-7-14-26/h8-10,15H,5-7,11-14,16H2,1-4H3,(H,23,27)(H2,22,24,25). The van der Waals surface area contributed by atoms with E-state index >= 15 is 0 Å². The van der Waals surface area contributed by atoms with Crippen LogP contribution >= 0.6 is 0 Å². The molecule has 0 spiro atoms. The minimum Gasteiger partial charge on any atom is -0.355 e. The second-order valence-corrected chi connectivity index (χ2v) is 7.84. The quantitative estimate of drug-likeness (QED) is 0.389. The molecular weight excluding hydrogens is 338 g/mol. The second kappa shape index (κ2) is 10.3. The van der Waals surface area contributed by atoms with E-state index in [1.807, 2.05) is 31.2 Å². The third-order valence-electron chi connectivity index (χ3n) is 5.11. The Bertz CT molecular complexity index is 635. The van der Waals surface area contributed by atoms with Gasteiger partial charge in [-0.1, -0.05) is 24.1 Å². The van der Waals surface area contributed by atoms with E-state index in [9.17, 15) is 4.79 Å². The summed E-state index contributed by atoms with van der Waals surface area (Å²) in [6.45, 7) is 10.9. The third kappa shape index (κ3) is 6.86. The van der Waals surface area contributed by atoms with Crippen molar-refractivity contribution in [3.8, 4) is 0 Å². The molecule has 1 aromatic carbocycles. The van der Waals surface area contributed by atoms with E-state index in [4.69, 9.17) is 0 Å². The largest absolute Gasteiger partial charge is 0.355 e. The van der Waals surface area contributed by atoms with Crippen molar-refractivity contribution in [3.05, 3.63) is 35.4 Å². The Morgan fingerprint density at radius 2 is 1.81 bits per heavy atom. The number of amides is 1. The molecule has 1 heterocycles. The number of hydrogen-bond donors (Lipinski definition) is 3. The average Bonchev–Trinajstić information content (AvgIpc) is 2.68. The van der Waals surface area contributed by atoms with Crippen molar-refractivity contribution in [1.82, 2.24) is 20.9 Å². The summed E-state index contributed by atoms with van der Waals surface area (Å²) >= 11 is 0. The highest BCUT2D eigenvalue weighted by atomic mass is 16.1. The molecule has 0 radical (unpaired) electrons. The van der Waals surface area contributed by atoms with Crippen LogP contribution in [0, 0.1) is 6.92 Å². The zero-order valence-electron chi connectivity index (χ0n) is 17.3. The molecule has 2 rings (SSSR count). The summed E-state index contributed by atoms with van der Waals surface area (Å²) in [7, 11) is 1.77. The summed E-state index contributed by atoms with van der Waals surface area (Å²) in [4.78, 5) is 19.0. The summed E-state index contributed by atoms with van der Waals surface area (Å²) in [5.41, 5.74) is 1.87. The topological polar surface area (TPSA) is 68.8 Å². The van der Waals surface area contributed by atoms with Gasteiger partial charge in [0.1, 0.15) is 0 Å². The molecule has 1 aromatic rings. The van der Waals surface area contributed by atoms with Gasteiger partial charge in [-0.15, -0.1) is 0 Å². The van der Waals surface area contributed by atoms with Crippen LogP contribution in [0.15, 0.2) is 29.3 Å². The number of nitrogens with one attached hydrogen (secondary N) is 3. The Morgan fingerprint density at radius 3 is 2.48 bits per heavy atom. The van der Waals surface area contributed by atoms with Crippen LogP contribution in [0.2, 0.25) is 0 Å². The highest BCUT2D eigenvalue weighted by molar-refractivity contribution is 5.94. The lowest BCUT2D eigenvalue weighted by Gasteiger charge is -2.41. The van der Waals surface area contributed by atoms with Crippen molar-refractivity contribution in [2.75, 3.05) is 39.8 Å². The van der Waals surface area contributed by atoms with Crippen LogP contribution in [0.4, 0.5) is 0 Å². The van der Waals surface area contributed by atoms with Crippen molar-refractivity contribution in [3.63, 3.8) is 0 Å². The van der Waals surface area contributed by atoms with Crippen LogP contribution < -0.4 is 16.0 Å². The van der Waals surface area contributed by atoms with E-state index in [2.05, 4.69) is 39.7 Å². The first-order valence-corrected chi connectivity index (χ1v) is 9.97. The zero-order valence-corrected chi connectivity index (χ0v) is 17.3. The van der Waals surface area contributed by atoms with Gasteiger partial charge < -0.3 is 16.0 Å². The molecule has 6 heteroatoms. The highest BCUT2D eigenvalue weighted by Crippen LogP contribution is 2.19. The molecule has 1 amide bonds. The van der Waals surface area contributed by atoms with Crippen molar-refractivity contribution < 1.29 is 4.79 Å². The van der Waals surface area contributed by atoms with Gasteiger partial charge in [0.25, 0.3) is 5.91 Å². The number of piperidine rings is 1. The summed E-state index contributed by atoms with van der Waals surface area (Å²) in [6, 6.07) is 7.61. The Labute approximate surface area is 163 Å². The van der Waals surface area contributed by atoms with Gasteiger partial charge >= 0.3 is 0 Å². The van der Waals surface area contributed by atoms with Gasteiger partial charge in [-0.25, -0.2) is 0 Å². The Balaban J connectivity index is 1.70. The summed E-state index contributed by atoms with van der Waals surface area (Å²) < 4.78 is 0. The van der Waals surface area contributed by atoms with Gasteiger partial charge in [0, 0.05) is 37.8 Å². The van der Waals surface area contributed by atoms with E-state index in [1.165, 1.54) is 32.4 Å². The number of aryl methyl sites for hydroxylation is 1. The minimum atomic E-state index is -0.0466. The van der Waals surface area contributed by atoms with Crippen molar-refractivity contribution in [2.24, 2.45) is 4.99 Å². The smallest absolute Gasteiger partial charge is 0.251 e. The SMILES string of the molecule is CN=C(NCCNC(=O)c1cccc(C)c1)NCC(C)(C)N1CCCCC1. The molecule has 0 atom stereocenters. The van der Waals surface area contributed by atoms with Gasteiger partial charge in [-0.2, -0.15) is 0 Å². The van der Waals surface area contributed by atoms with Gasteiger partial charge in [-0.3, -0.25) is 14.7 Å². The molecule has 1 aliphatic rings. The molecule has 0 bridgehead atoms. The van der Waals surface area contributed by atoms with E-state index in [0.29, 0.717) is 18.7 Å². The van der Waals surface area contributed by atoms with Gasteiger partial charge in [-0.05, 0) is 58.8 Å². The second-order valence-electron chi connectivity index (χ2n) is 7.84. The van der Waals surface area contributed by atoms with Gasteiger partial charge in [0.15, 0.2) is 5.96 Å². The number of carbonyl (C=O) groups is 1. The fourth-order valence-corrected chi connectivity index (χ4v) is 3.38. The number of likely N-dealkylation sites (tertiary alicyclic amines) is 1. The predicted octanol–water partition coefficient (Wildman–Crippen LogP) is 2.15. The van der Waals surface area contributed by atoms with Crippen LogP contribution in [0.1, 0.15) is 49.0 Å². The van der Waals surface area contributed by atoms with E-state index in [0.717, 1.165) is 18.1 Å². The molecule has 0 saturated carbocycles. The maximum atomic E-state index is 12.2. The van der Waals surface area contributed by atoms with Crippen LogP contribution in [0.5, 0.6) is 0 Å². The lowest BCUT2D eigenvalue weighted by Crippen LogP contribution is -2.55. The first-order valence-electron chi connectivity index (χ1n) is 9.97. The van der Waals surface area contributed by atoms with Crippen molar-refractivity contribution in [1.29, 1.82) is 0 Å². The fourth-order valence-electron chi connectivity index (χ4n) is 3.38. The normalized spacial score (nSPS) is 16.1. The first-order chi connectivity index (χ1) is 12.9. The van der Waals surface area contributed by atoms with E-state index in [1.54, 1.807) is 7.05 Å². The fraction of sp³-hybridized carbons (Fsp3) is 0.619. The molecule has 6 nitrogen and oxygen atoms in total. The monoisotopic (exact) mass is 373 g/mol. The van der Waals surface area contributed by atoms with E-state index in [-0.39, 0.29) is 11.4 Å². The molecule has 27 heavy (non-hydrogen) atoms. The van der Waals surface area contributed by atoms with E-state index < -0.39 is 0 Å². The molecule has 0 aromatic heterocycles. The van der Waals surface area contributed by atoms with Crippen LogP contribution in [0.25, 0.3) is 0 Å². The summed E-state index contributed by atoms with van der Waals surface area (Å²) in [5, 5.41) is 9.62.